The van der Waals surface area contributed by atoms with Crippen LogP contribution in [0.3, 0.4) is 0 Å². The fourth-order valence-electron chi connectivity index (χ4n) is 4.77. The van der Waals surface area contributed by atoms with E-state index in [4.69, 9.17) is 14.2 Å². The summed E-state index contributed by atoms with van der Waals surface area (Å²) in [6.45, 7) is 12.0. The second-order valence-electron chi connectivity index (χ2n) is 9.93. The molecule has 3 aliphatic heterocycles. The smallest absolute Gasteiger partial charge is 0.412 e. The van der Waals surface area contributed by atoms with Gasteiger partial charge in [-0.15, -0.1) is 0 Å². The number of hydrogen-bond acceptors (Lipinski definition) is 6. The third-order valence-corrected chi connectivity index (χ3v) is 5.94. The van der Waals surface area contributed by atoms with Gasteiger partial charge in [0.05, 0.1) is 6.42 Å². The molecule has 0 radical (unpaired) electrons. The summed E-state index contributed by atoms with van der Waals surface area (Å²) < 4.78 is 17.4. The molecule has 158 valence electrons. The third kappa shape index (κ3) is 4.04. The summed E-state index contributed by atoms with van der Waals surface area (Å²) in [7, 11) is 0. The average molecular weight is 395 g/mol. The van der Waals surface area contributed by atoms with Crippen LogP contribution in [0.25, 0.3) is 0 Å². The van der Waals surface area contributed by atoms with E-state index >= 15 is 0 Å². The first-order chi connectivity index (χ1) is 12.9. The minimum Gasteiger partial charge on any atom is -0.459 e. The zero-order valence-electron chi connectivity index (χ0n) is 17.8. The fraction of sp³-hybridized carbons (Fsp3) is 0.857. The van der Waals surface area contributed by atoms with Crippen LogP contribution in [-0.4, -0.2) is 52.8 Å². The highest BCUT2D eigenvalue weighted by molar-refractivity contribution is 5.88. The molecule has 0 N–H and O–H groups in total. The number of cyclic esters (lactones) is 1. The summed E-state index contributed by atoms with van der Waals surface area (Å²) in [6, 6.07) is 0. The van der Waals surface area contributed by atoms with Gasteiger partial charge in [-0.05, 0) is 45.4 Å². The molecule has 1 spiro atoms. The van der Waals surface area contributed by atoms with Crippen LogP contribution in [0.4, 0.5) is 4.79 Å². The van der Waals surface area contributed by atoms with E-state index in [-0.39, 0.29) is 35.9 Å². The second kappa shape index (κ2) is 7.32. The van der Waals surface area contributed by atoms with Crippen LogP contribution in [0.1, 0.15) is 67.2 Å². The number of carbonyl (C=O) groups is 3. The van der Waals surface area contributed by atoms with E-state index in [2.05, 4.69) is 6.92 Å². The molecule has 28 heavy (non-hydrogen) atoms. The van der Waals surface area contributed by atoms with Crippen molar-refractivity contribution in [1.29, 1.82) is 0 Å². The van der Waals surface area contributed by atoms with Crippen molar-refractivity contribution in [3.05, 3.63) is 0 Å². The molecular formula is C21H33NO6. The predicted octanol–water partition coefficient (Wildman–Crippen LogP) is 3.30. The summed E-state index contributed by atoms with van der Waals surface area (Å²) in [6.07, 6.45) is 0.0274. The number of ether oxygens (including phenoxy) is 3. The van der Waals surface area contributed by atoms with Gasteiger partial charge in [0, 0.05) is 18.9 Å². The highest BCUT2D eigenvalue weighted by Crippen LogP contribution is 2.46. The normalized spacial score (nSPS) is 39.2. The lowest BCUT2D eigenvalue weighted by Gasteiger charge is -2.49. The number of rotatable bonds is 1. The first-order valence-corrected chi connectivity index (χ1v) is 10.3. The molecule has 0 bridgehead atoms. The van der Waals surface area contributed by atoms with E-state index in [1.54, 1.807) is 4.90 Å². The average Bonchev–Trinajstić information content (AvgIpc) is 2.87. The molecule has 0 aromatic heterocycles. The molecule has 3 heterocycles. The van der Waals surface area contributed by atoms with E-state index in [0.717, 1.165) is 6.42 Å². The first-order valence-electron chi connectivity index (χ1n) is 10.3. The minimum absolute atomic E-state index is 0.0329. The lowest BCUT2D eigenvalue weighted by Crippen LogP contribution is -2.61. The first kappa shape index (κ1) is 21.1. The number of ketones is 1. The Bertz CT molecular complexity index is 656. The van der Waals surface area contributed by atoms with E-state index in [1.807, 2.05) is 34.6 Å². The third-order valence-electron chi connectivity index (χ3n) is 5.94. The molecule has 3 aliphatic rings. The molecule has 0 unspecified atom stereocenters. The van der Waals surface area contributed by atoms with Gasteiger partial charge in [0.25, 0.3) is 0 Å². The standard InChI is InChI=1S/C21H33NO6/c1-12-8-16(26-17(24)9-12)18-15(23)10-21(27-18)14(3)7-13(2)11-22(21)19(25)28-20(4,5)6/h12-14,16,18H,7-11H2,1-6H3/t12-,13+,14-,16+,18-,21-/m1/s1. The summed E-state index contributed by atoms with van der Waals surface area (Å²) in [5.41, 5.74) is -1.68. The van der Waals surface area contributed by atoms with Crippen molar-refractivity contribution in [2.75, 3.05) is 6.54 Å². The Morgan fingerprint density at radius 1 is 1.14 bits per heavy atom. The molecule has 7 heteroatoms. The topological polar surface area (TPSA) is 82.1 Å². The summed E-state index contributed by atoms with van der Waals surface area (Å²) in [4.78, 5) is 39.4. The summed E-state index contributed by atoms with van der Waals surface area (Å²) >= 11 is 0. The SMILES string of the molecule is C[C@H]1CC(=O)O[C@H]([C@@H]2O[C@]3(CC2=O)[C@H](C)C[C@H](C)CN3C(=O)OC(C)(C)C)C1. The Labute approximate surface area is 167 Å². The van der Waals surface area contributed by atoms with Crippen LogP contribution in [0, 0.1) is 17.8 Å². The van der Waals surface area contributed by atoms with Gasteiger partial charge >= 0.3 is 12.1 Å². The van der Waals surface area contributed by atoms with Gasteiger partial charge in [-0.3, -0.25) is 14.5 Å². The van der Waals surface area contributed by atoms with Gasteiger partial charge in [0.2, 0.25) is 0 Å². The maximum absolute atomic E-state index is 13.0. The Hall–Kier alpha value is -1.63. The van der Waals surface area contributed by atoms with Gasteiger partial charge in [0.1, 0.15) is 11.7 Å². The number of nitrogens with zero attached hydrogens (tertiary/aromatic N) is 1. The van der Waals surface area contributed by atoms with Crippen molar-refractivity contribution in [1.82, 2.24) is 4.90 Å². The predicted molar refractivity (Wildman–Crippen MR) is 101 cm³/mol. The summed E-state index contributed by atoms with van der Waals surface area (Å²) in [5.74, 6) is -0.0184. The monoisotopic (exact) mass is 395 g/mol. The number of carbonyl (C=O) groups excluding carboxylic acids is 3. The molecule has 3 rings (SSSR count). The fourth-order valence-corrected chi connectivity index (χ4v) is 4.77. The maximum atomic E-state index is 13.0. The lowest BCUT2D eigenvalue weighted by molar-refractivity contribution is -0.215. The van der Waals surface area contributed by atoms with Crippen LogP contribution < -0.4 is 0 Å². The van der Waals surface area contributed by atoms with Gasteiger partial charge < -0.3 is 14.2 Å². The Balaban J connectivity index is 1.87. The Morgan fingerprint density at radius 3 is 2.43 bits per heavy atom. The quantitative estimate of drug-likeness (QED) is 0.634. The highest BCUT2D eigenvalue weighted by Gasteiger charge is 2.59. The molecule has 0 aliphatic carbocycles. The summed E-state index contributed by atoms with van der Waals surface area (Å²) in [5, 5.41) is 0. The zero-order chi connectivity index (χ0) is 20.9. The van der Waals surface area contributed by atoms with Crippen LogP contribution in [0.15, 0.2) is 0 Å². The number of esters is 1. The number of amides is 1. The molecule has 0 saturated carbocycles. The van der Waals surface area contributed by atoms with Crippen molar-refractivity contribution >= 4 is 17.8 Å². The number of hydrogen-bond donors (Lipinski definition) is 0. The molecular weight excluding hydrogens is 362 g/mol. The molecule has 3 fully saturated rings. The zero-order valence-corrected chi connectivity index (χ0v) is 17.8. The number of piperidine rings is 1. The van der Waals surface area contributed by atoms with Crippen LogP contribution in [-0.2, 0) is 23.8 Å². The van der Waals surface area contributed by atoms with E-state index in [1.165, 1.54) is 0 Å². The molecule has 6 atom stereocenters. The van der Waals surface area contributed by atoms with Crippen LogP contribution >= 0.6 is 0 Å². The van der Waals surface area contributed by atoms with E-state index in [9.17, 15) is 14.4 Å². The molecule has 0 aromatic carbocycles. The van der Waals surface area contributed by atoms with Crippen molar-refractivity contribution in [2.45, 2.75) is 90.8 Å². The Kier molecular flexibility index (Phi) is 5.51. The largest absolute Gasteiger partial charge is 0.459 e. The van der Waals surface area contributed by atoms with Crippen molar-refractivity contribution in [3.63, 3.8) is 0 Å². The van der Waals surface area contributed by atoms with Gasteiger partial charge in [-0.2, -0.15) is 0 Å². The molecule has 7 nitrogen and oxygen atoms in total. The minimum atomic E-state index is -1.04. The van der Waals surface area contributed by atoms with Gasteiger partial charge in [-0.1, -0.05) is 20.8 Å². The maximum Gasteiger partial charge on any atom is 0.412 e. The van der Waals surface area contributed by atoms with Crippen molar-refractivity contribution in [2.24, 2.45) is 17.8 Å². The second-order valence-corrected chi connectivity index (χ2v) is 9.93. The lowest BCUT2D eigenvalue weighted by atomic mass is 9.80. The number of likely N-dealkylation sites (tertiary alicyclic amines) is 1. The van der Waals surface area contributed by atoms with Crippen molar-refractivity contribution in [3.8, 4) is 0 Å². The van der Waals surface area contributed by atoms with Crippen molar-refractivity contribution < 1.29 is 28.6 Å². The molecule has 1 amide bonds. The molecule has 3 saturated heterocycles. The van der Waals surface area contributed by atoms with Crippen LogP contribution in [0.5, 0.6) is 0 Å². The van der Waals surface area contributed by atoms with Crippen LogP contribution in [0.2, 0.25) is 0 Å². The van der Waals surface area contributed by atoms with E-state index < -0.39 is 29.6 Å². The Morgan fingerprint density at radius 2 is 1.82 bits per heavy atom. The van der Waals surface area contributed by atoms with Gasteiger partial charge in [0.15, 0.2) is 17.6 Å². The van der Waals surface area contributed by atoms with Gasteiger partial charge in [-0.25, -0.2) is 4.79 Å². The molecule has 0 aromatic rings. The highest BCUT2D eigenvalue weighted by atomic mass is 16.6. The number of Topliss-reactive ketones (excluding diaryl/α,β-unsaturated/α-hetero) is 1. The van der Waals surface area contributed by atoms with E-state index in [0.29, 0.717) is 19.4 Å².